The van der Waals surface area contributed by atoms with Gasteiger partial charge in [0.25, 0.3) is 0 Å². The Morgan fingerprint density at radius 1 is 0.893 bits per heavy atom. The lowest BCUT2D eigenvalue weighted by atomic mass is 9.97. The van der Waals surface area contributed by atoms with Crippen LogP contribution in [0.2, 0.25) is 0 Å². The number of carbonyl (C=O) groups is 2. The average molecular weight is 377 g/mol. The summed E-state index contributed by atoms with van der Waals surface area (Å²) in [6.07, 6.45) is 0.568. The van der Waals surface area contributed by atoms with E-state index in [-0.39, 0.29) is 17.9 Å². The molecule has 2 heterocycles. The van der Waals surface area contributed by atoms with Gasteiger partial charge in [0, 0.05) is 39.6 Å². The van der Waals surface area contributed by atoms with E-state index in [1.165, 1.54) is 11.1 Å². The fourth-order valence-electron chi connectivity index (χ4n) is 4.22. The number of fused-ring (bicyclic) bond motifs is 1. The molecule has 0 saturated carbocycles. The normalized spacial score (nSPS) is 23.1. The first-order valence-electron chi connectivity index (χ1n) is 9.92. The highest BCUT2D eigenvalue weighted by atomic mass is 16.2. The van der Waals surface area contributed by atoms with Crippen LogP contribution in [-0.2, 0) is 22.6 Å². The van der Waals surface area contributed by atoms with Gasteiger partial charge in [-0.05, 0) is 18.1 Å². The van der Waals surface area contributed by atoms with Crippen LogP contribution in [0.15, 0.2) is 54.6 Å². The molecule has 2 saturated heterocycles. The van der Waals surface area contributed by atoms with Gasteiger partial charge in [-0.1, -0.05) is 60.2 Å². The van der Waals surface area contributed by atoms with Crippen molar-refractivity contribution in [2.45, 2.75) is 32.0 Å². The van der Waals surface area contributed by atoms with Crippen LogP contribution < -0.4 is 0 Å². The van der Waals surface area contributed by atoms with E-state index in [9.17, 15) is 9.59 Å². The third-order valence-electron chi connectivity index (χ3n) is 5.93. The Labute approximate surface area is 166 Å². The molecule has 2 amide bonds. The van der Waals surface area contributed by atoms with Crippen molar-refractivity contribution in [1.82, 2.24) is 14.7 Å². The van der Waals surface area contributed by atoms with Crippen LogP contribution in [-0.4, -0.2) is 65.3 Å². The predicted octanol–water partition coefficient (Wildman–Crippen LogP) is 2.09. The summed E-state index contributed by atoms with van der Waals surface area (Å²) in [7, 11) is 1.77. The minimum atomic E-state index is -0.408. The molecule has 4 rings (SSSR count). The van der Waals surface area contributed by atoms with Crippen molar-refractivity contribution in [2.75, 3.05) is 26.7 Å². The van der Waals surface area contributed by atoms with Gasteiger partial charge in [0.2, 0.25) is 11.8 Å². The zero-order valence-electron chi connectivity index (χ0n) is 16.5. The van der Waals surface area contributed by atoms with Gasteiger partial charge in [-0.25, -0.2) is 0 Å². The monoisotopic (exact) mass is 377 g/mol. The topological polar surface area (TPSA) is 43.9 Å². The Balaban J connectivity index is 1.46. The summed E-state index contributed by atoms with van der Waals surface area (Å²) >= 11 is 0. The zero-order chi connectivity index (χ0) is 19.7. The van der Waals surface area contributed by atoms with Crippen molar-refractivity contribution in [2.24, 2.45) is 0 Å². The molecule has 2 atom stereocenters. The smallest absolute Gasteiger partial charge is 0.247 e. The van der Waals surface area contributed by atoms with E-state index in [1.54, 1.807) is 11.9 Å². The molecule has 2 aromatic carbocycles. The fourth-order valence-corrected chi connectivity index (χ4v) is 4.22. The summed E-state index contributed by atoms with van der Waals surface area (Å²) in [5.74, 6) is 0.125. The SMILES string of the molecule is Cc1ccc(CN2CCN3C(=O)[C@H](Cc4ccccc4)N(C)C(=O)[C@H]3C2)cc1. The zero-order valence-corrected chi connectivity index (χ0v) is 16.5. The average Bonchev–Trinajstić information content (AvgIpc) is 2.72. The summed E-state index contributed by atoms with van der Waals surface area (Å²) in [6.45, 7) is 4.89. The highest BCUT2D eigenvalue weighted by Crippen LogP contribution is 2.24. The van der Waals surface area contributed by atoms with Crippen molar-refractivity contribution >= 4 is 11.8 Å². The van der Waals surface area contributed by atoms with Gasteiger partial charge in [0.05, 0.1) is 0 Å². The second-order valence-electron chi connectivity index (χ2n) is 7.92. The Hall–Kier alpha value is -2.66. The predicted molar refractivity (Wildman–Crippen MR) is 109 cm³/mol. The van der Waals surface area contributed by atoms with Gasteiger partial charge in [-0.3, -0.25) is 14.5 Å². The van der Waals surface area contributed by atoms with Crippen molar-refractivity contribution in [3.8, 4) is 0 Å². The number of nitrogens with zero attached hydrogens (tertiary/aromatic N) is 3. The Morgan fingerprint density at radius 3 is 2.32 bits per heavy atom. The van der Waals surface area contributed by atoms with Crippen LogP contribution in [0.25, 0.3) is 0 Å². The molecule has 2 aromatic rings. The van der Waals surface area contributed by atoms with Crippen LogP contribution in [0.4, 0.5) is 0 Å². The van der Waals surface area contributed by atoms with Crippen LogP contribution >= 0.6 is 0 Å². The maximum Gasteiger partial charge on any atom is 0.247 e. The van der Waals surface area contributed by atoms with E-state index in [2.05, 4.69) is 36.1 Å². The molecule has 2 aliphatic rings. The minimum absolute atomic E-state index is 0.0501. The molecule has 0 aliphatic carbocycles. The molecule has 0 unspecified atom stereocenters. The van der Waals surface area contributed by atoms with Crippen LogP contribution in [0.5, 0.6) is 0 Å². The number of piperazine rings is 2. The summed E-state index contributed by atoms with van der Waals surface area (Å²) in [4.78, 5) is 31.9. The Bertz CT molecular complexity index is 850. The molecule has 5 heteroatoms. The van der Waals surface area contributed by atoms with Gasteiger partial charge in [-0.2, -0.15) is 0 Å². The Morgan fingerprint density at radius 2 is 1.61 bits per heavy atom. The standard InChI is InChI=1S/C23H27N3O2/c1-17-8-10-19(11-9-17)15-25-12-13-26-21(16-25)22(27)24(2)20(23(26)28)14-18-6-4-3-5-7-18/h3-11,20-21H,12-16H2,1-2H3/t20-,21+/m0/s1. The third kappa shape index (κ3) is 3.67. The number of hydrogen-bond acceptors (Lipinski definition) is 3. The molecule has 0 aromatic heterocycles. The van der Waals surface area contributed by atoms with Gasteiger partial charge >= 0.3 is 0 Å². The second kappa shape index (κ2) is 7.76. The maximum atomic E-state index is 13.1. The number of aryl methyl sites for hydroxylation is 1. The number of likely N-dealkylation sites (N-methyl/N-ethyl adjacent to an activating group) is 1. The summed E-state index contributed by atoms with van der Waals surface area (Å²) < 4.78 is 0. The fraction of sp³-hybridized carbons (Fsp3) is 0.391. The number of hydrogen-bond donors (Lipinski definition) is 0. The lowest BCUT2D eigenvalue weighted by Gasteiger charge is -2.48. The lowest BCUT2D eigenvalue weighted by Crippen LogP contribution is -2.69. The van der Waals surface area contributed by atoms with Crippen LogP contribution in [0.3, 0.4) is 0 Å². The number of carbonyl (C=O) groups excluding carboxylic acids is 2. The van der Waals surface area contributed by atoms with E-state index in [1.807, 2.05) is 35.2 Å². The minimum Gasteiger partial charge on any atom is -0.332 e. The molecule has 2 aliphatic heterocycles. The van der Waals surface area contributed by atoms with E-state index >= 15 is 0 Å². The van der Waals surface area contributed by atoms with E-state index in [4.69, 9.17) is 0 Å². The maximum absolute atomic E-state index is 13.1. The van der Waals surface area contributed by atoms with Crippen molar-refractivity contribution in [1.29, 1.82) is 0 Å². The summed E-state index contributed by atoms with van der Waals surface area (Å²) in [5.41, 5.74) is 3.56. The highest BCUT2D eigenvalue weighted by molar-refractivity contribution is 5.97. The van der Waals surface area contributed by atoms with Crippen LogP contribution in [0, 0.1) is 6.92 Å². The molecule has 0 bridgehead atoms. The van der Waals surface area contributed by atoms with E-state index in [0.29, 0.717) is 19.5 Å². The van der Waals surface area contributed by atoms with Gasteiger partial charge in [0.15, 0.2) is 0 Å². The lowest BCUT2D eigenvalue weighted by molar-refractivity contribution is -0.164. The molecule has 28 heavy (non-hydrogen) atoms. The van der Waals surface area contributed by atoms with Gasteiger partial charge in [-0.15, -0.1) is 0 Å². The van der Waals surface area contributed by atoms with E-state index in [0.717, 1.165) is 18.7 Å². The molecule has 2 fully saturated rings. The molecule has 0 N–H and O–H groups in total. The van der Waals surface area contributed by atoms with Crippen LogP contribution in [0.1, 0.15) is 16.7 Å². The molecule has 0 radical (unpaired) electrons. The first-order valence-corrected chi connectivity index (χ1v) is 9.92. The largest absolute Gasteiger partial charge is 0.332 e. The second-order valence-corrected chi connectivity index (χ2v) is 7.92. The first kappa shape index (κ1) is 18.7. The number of benzene rings is 2. The molecular formula is C23H27N3O2. The van der Waals surface area contributed by atoms with Crippen molar-refractivity contribution in [3.63, 3.8) is 0 Å². The number of amides is 2. The third-order valence-corrected chi connectivity index (χ3v) is 5.93. The van der Waals surface area contributed by atoms with Crippen molar-refractivity contribution < 1.29 is 9.59 Å². The highest BCUT2D eigenvalue weighted by Gasteiger charge is 2.46. The quantitative estimate of drug-likeness (QED) is 0.820. The molecular weight excluding hydrogens is 350 g/mol. The summed E-state index contributed by atoms with van der Waals surface area (Å²) in [5, 5.41) is 0. The molecule has 146 valence electrons. The molecule has 0 spiro atoms. The number of rotatable bonds is 4. The summed E-state index contributed by atoms with van der Waals surface area (Å²) in [6, 6.07) is 17.6. The van der Waals surface area contributed by atoms with Crippen molar-refractivity contribution in [3.05, 3.63) is 71.3 Å². The first-order chi connectivity index (χ1) is 13.5. The molecule has 5 nitrogen and oxygen atoms in total. The van der Waals surface area contributed by atoms with Gasteiger partial charge in [0.1, 0.15) is 12.1 Å². The Kier molecular flexibility index (Phi) is 5.18. The van der Waals surface area contributed by atoms with Gasteiger partial charge < -0.3 is 9.80 Å². The van der Waals surface area contributed by atoms with E-state index < -0.39 is 6.04 Å².